The summed E-state index contributed by atoms with van der Waals surface area (Å²) in [5, 5.41) is 9.76. The van der Waals surface area contributed by atoms with Crippen molar-refractivity contribution in [1.29, 1.82) is 0 Å². The molecular formula is C11H14O4. The first kappa shape index (κ1) is 11.4. The minimum atomic E-state index is -0.232. The minimum absolute atomic E-state index is 0.136. The molecule has 82 valence electrons. The van der Waals surface area contributed by atoms with Crippen molar-refractivity contribution in [3.05, 3.63) is 17.2 Å². The molecule has 0 radical (unpaired) electrons. The summed E-state index contributed by atoms with van der Waals surface area (Å²) in [6.45, 7) is 3.13. The highest BCUT2D eigenvalue weighted by atomic mass is 16.5. The number of phenolic OH excluding ortho intramolecular Hbond substituents is 1. The maximum Gasteiger partial charge on any atom is 0.169 e. The van der Waals surface area contributed by atoms with E-state index >= 15 is 0 Å². The van der Waals surface area contributed by atoms with Gasteiger partial charge in [-0.05, 0) is 19.9 Å². The number of rotatable bonds is 3. The van der Waals surface area contributed by atoms with Crippen LogP contribution in [-0.4, -0.2) is 25.1 Å². The lowest BCUT2D eigenvalue weighted by atomic mass is 10.1. The van der Waals surface area contributed by atoms with Gasteiger partial charge in [0.15, 0.2) is 17.3 Å². The molecule has 4 heteroatoms. The predicted octanol–water partition coefficient (Wildman–Crippen LogP) is 1.92. The molecule has 0 fully saturated rings. The summed E-state index contributed by atoms with van der Waals surface area (Å²) in [5.41, 5.74) is 0.872. The zero-order valence-electron chi connectivity index (χ0n) is 9.25. The number of methoxy groups -OCH3 is 2. The van der Waals surface area contributed by atoms with E-state index in [2.05, 4.69) is 0 Å². The Hall–Kier alpha value is -1.71. The highest BCUT2D eigenvalue weighted by Crippen LogP contribution is 2.39. The standard InChI is InChI=1S/C11H14O4/c1-6-9(14-3)5-8(7(2)12)10(13)11(6)15-4/h5,13H,1-4H3. The number of aromatic hydroxyl groups is 1. The van der Waals surface area contributed by atoms with E-state index in [1.165, 1.54) is 27.2 Å². The third-order valence-electron chi connectivity index (χ3n) is 2.26. The van der Waals surface area contributed by atoms with Crippen LogP contribution in [0.2, 0.25) is 0 Å². The molecule has 4 nitrogen and oxygen atoms in total. The van der Waals surface area contributed by atoms with Crippen molar-refractivity contribution in [2.24, 2.45) is 0 Å². The number of hydrogen-bond acceptors (Lipinski definition) is 4. The molecule has 1 aromatic rings. The smallest absolute Gasteiger partial charge is 0.169 e. The normalized spacial score (nSPS) is 9.87. The Morgan fingerprint density at radius 1 is 1.33 bits per heavy atom. The molecule has 0 amide bonds. The minimum Gasteiger partial charge on any atom is -0.504 e. The Labute approximate surface area is 88.4 Å². The van der Waals surface area contributed by atoms with Gasteiger partial charge in [-0.2, -0.15) is 0 Å². The highest BCUT2D eigenvalue weighted by molar-refractivity contribution is 5.98. The van der Waals surface area contributed by atoms with Gasteiger partial charge in [0.2, 0.25) is 0 Å². The van der Waals surface area contributed by atoms with Crippen LogP contribution in [0, 0.1) is 6.92 Å². The van der Waals surface area contributed by atoms with Gasteiger partial charge in [0.05, 0.1) is 19.8 Å². The third-order valence-corrected chi connectivity index (χ3v) is 2.26. The summed E-state index contributed by atoms with van der Waals surface area (Å²) < 4.78 is 10.1. The Bertz CT molecular complexity index is 396. The van der Waals surface area contributed by atoms with Gasteiger partial charge in [-0.25, -0.2) is 0 Å². The number of phenols is 1. The molecule has 1 rings (SSSR count). The van der Waals surface area contributed by atoms with Crippen molar-refractivity contribution in [2.45, 2.75) is 13.8 Å². The molecule has 0 spiro atoms. The fourth-order valence-corrected chi connectivity index (χ4v) is 1.45. The fourth-order valence-electron chi connectivity index (χ4n) is 1.45. The molecule has 0 unspecified atom stereocenters. The third kappa shape index (κ3) is 1.88. The van der Waals surface area contributed by atoms with E-state index in [0.717, 1.165) is 0 Å². The van der Waals surface area contributed by atoms with Crippen LogP contribution in [0.1, 0.15) is 22.8 Å². The van der Waals surface area contributed by atoms with Gasteiger partial charge in [-0.15, -0.1) is 0 Å². The van der Waals surface area contributed by atoms with Crippen molar-refractivity contribution in [3.63, 3.8) is 0 Å². The van der Waals surface area contributed by atoms with Crippen molar-refractivity contribution in [2.75, 3.05) is 14.2 Å². The number of hydrogen-bond donors (Lipinski definition) is 1. The van der Waals surface area contributed by atoms with Gasteiger partial charge in [0.25, 0.3) is 0 Å². The van der Waals surface area contributed by atoms with Crippen LogP contribution in [0.15, 0.2) is 6.07 Å². The number of carbonyl (C=O) groups is 1. The summed E-state index contributed by atoms with van der Waals surface area (Å²) >= 11 is 0. The van der Waals surface area contributed by atoms with E-state index in [1.54, 1.807) is 6.92 Å². The van der Waals surface area contributed by atoms with E-state index in [1.807, 2.05) is 0 Å². The highest BCUT2D eigenvalue weighted by Gasteiger charge is 2.18. The molecule has 1 N–H and O–H groups in total. The fraction of sp³-hybridized carbons (Fsp3) is 0.364. The first-order chi connectivity index (χ1) is 7.02. The van der Waals surface area contributed by atoms with Crippen LogP contribution in [0.5, 0.6) is 17.2 Å². The molecule has 0 bridgehead atoms. The van der Waals surface area contributed by atoms with Crippen molar-refractivity contribution in [1.82, 2.24) is 0 Å². The second kappa shape index (κ2) is 4.21. The number of ketones is 1. The van der Waals surface area contributed by atoms with Gasteiger partial charge < -0.3 is 14.6 Å². The zero-order chi connectivity index (χ0) is 11.6. The number of carbonyl (C=O) groups excluding carboxylic acids is 1. The molecule has 0 aliphatic heterocycles. The van der Waals surface area contributed by atoms with Gasteiger partial charge in [0.1, 0.15) is 5.75 Å². The summed E-state index contributed by atoms with van der Waals surface area (Å²) in [4.78, 5) is 11.2. The Balaban J connectivity index is 3.51. The first-order valence-electron chi connectivity index (χ1n) is 4.48. The van der Waals surface area contributed by atoms with Gasteiger partial charge in [-0.3, -0.25) is 4.79 Å². The lowest BCUT2D eigenvalue weighted by Gasteiger charge is -2.13. The summed E-state index contributed by atoms with van der Waals surface area (Å²) in [6.07, 6.45) is 0. The molecule has 0 saturated heterocycles. The van der Waals surface area contributed by atoms with Crippen LogP contribution >= 0.6 is 0 Å². The lowest BCUT2D eigenvalue weighted by Crippen LogP contribution is -2.00. The molecular weight excluding hydrogens is 196 g/mol. The summed E-state index contributed by atoms with van der Waals surface area (Å²) in [7, 11) is 2.94. The maximum atomic E-state index is 11.2. The Morgan fingerprint density at radius 3 is 2.33 bits per heavy atom. The van der Waals surface area contributed by atoms with E-state index in [9.17, 15) is 9.90 Å². The van der Waals surface area contributed by atoms with Crippen molar-refractivity contribution < 1.29 is 19.4 Å². The van der Waals surface area contributed by atoms with Crippen LogP contribution in [-0.2, 0) is 0 Å². The monoisotopic (exact) mass is 210 g/mol. The first-order valence-corrected chi connectivity index (χ1v) is 4.48. The molecule has 0 aliphatic rings. The number of benzene rings is 1. The topological polar surface area (TPSA) is 55.8 Å². The lowest BCUT2D eigenvalue weighted by molar-refractivity contribution is 0.101. The van der Waals surface area contributed by atoms with Crippen LogP contribution in [0.3, 0.4) is 0 Å². The van der Waals surface area contributed by atoms with E-state index in [0.29, 0.717) is 11.3 Å². The van der Waals surface area contributed by atoms with Crippen LogP contribution < -0.4 is 9.47 Å². The molecule has 0 atom stereocenters. The van der Waals surface area contributed by atoms with E-state index < -0.39 is 0 Å². The van der Waals surface area contributed by atoms with Crippen molar-refractivity contribution in [3.8, 4) is 17.2 Å². The van der Waals surface area contributed by atoms with Crippen molar-refractivity contribution >= 4 is 5.78 Å². The molecule has 0 aliphatic carbocycles. The van der Waals surface area contributed by atoms with Gasteiger partial charge >= 0.3 is 0 Å². The molecule has 0 heterocycles. The van der Waals surface area contributed by atoms with Crippen LogP contribution in [0.4, 0.5) is 0 Å². The Kier molecular flexibility index (Phi) is 3.19. The predicted molar refractivity (Wildman–Crippen MR) is 56.0 cm³/mol. The summed E-state index contributed by atoms with van der Waals surface area (Å²) in [5.74, 6) is 0.432. The SMILES string of the molecule is COc1cc(C(C)=O)c(O)c(OC)c1C. The van der Waals surface area contributed by atoms with Gasteiger partial charge in [-0.1, -0.05) is 0 Å². The Morgan fingerprint density at radius 2 is 1.93 bits per heavy atom. The van der Waals surface area contributed by atoms with Crippen LogP contribution in [0.25, 0.3) is 0 Å². The molecule has 0 aromatic heterocycles. The quantitative estimate of drug-likeness (QED) is 0.774. The summed E-state index contributed by atoms with van der Waals surface area (Å²) in [6, 6.07) is 1.51. The maximum absolute atomic E-state index is 11.2. The van der Waals surface area contributed by atoms with E-state index in [4.69, 9.17) is 9.47 Å². The molecule has 0 saturated carbocycles. The zero-order valence-corrected chi connectivity index (χ0v) is 9.25. The average Bonchev–Trinajstić information content (AvgIpc) is 2.18. The largest absolute Gasteiger partial charge is 0.504 e. The number of Topliss-reactive ketones (excluding diaryl/α,β-unsaturated/α-hetero) is 1. The molecule has 15 heavy (non-hydrogen) atoms. The molecule has 1 aromatic carbocycles. The average molecular weight is 210 g/mol. The second-order valence-electron chi connectivity index (χ2n) is 3.19. The van der Waals surface area contributed by atoms with Gasteiger partial charge in [0, 0.05) is 5.56 Å². The van der Waals surface area contributed by atoms with E-state index in [-0.39, 0.29) is 22.8 Å². The number of ether oxygens (including phenoxy) is 2. The second-order valence-corrected chi connectivity index (χ2v) is 3.19.